The molecular formula is C15H13F6NO3. The van der Waals surface area contributed by atoms with Crippen LogP contribution in [0.25, 0.3) is 0 Å². The fraction of sp³-hybridized carbons (Fsp3) is 0.467. The molecule has 1 aliphatic rings. The quantitative estimate of drug-likeness (QED) is 0.834. The fourth-order valence-electron chi connectivity index (χ4n) is 2.82. The standard InChI is InChI=1S/C15H13F6NO3/c16-14(17,18)10-4-2-1-3-8(10)5-12(23)22-6-9(13(24)25)11(7-22)15(19,20)21/h1-4,9,11H,5-7H2,(H,24,25)/t9-,11-/m1/s1. The number of carboxylic acid groups (broad SMARTS) is 1. The maximum absolute atomic E-state index is 12.9. The molecule has 2 atom stereocenters. The van der Waals surface area contributed by atoms with Gasteiger partial charge in [0.15, 0.2) is 0 Å². The van der Waals surface area contributed by atoms with E-state index in [9.17, 15) is 35.9 Å². The molecule has 25 heavy (non-hydrogen) atoms. The highest BCUT2D eigenvalue weighted by Crippen LogP contribution is 2.38. The lowest BCUT2D eigenvalue weighted by Gasteiger charge is -2.19. The van der Waals surface area contributed by atoms with Gasteiger partial charge in [0.2, 0.25) is 5.91 Å². The van der Waals surface area contributed by atoms with Crippen molar-refractivity contribution in [3.8, 4) is 0 Å². The molecule has 1 amide bonds. The Balaban J connectivity index is 2.19. The summed E-state index contributed by atoms with van der Waals surface area (Å²) < 4.78 is 77.4. The van der Waals surface area contributed by atoms with Gasteiger partial charge in [-0.2, -0.15) is 26.3 Å². The van der Waals surface area contributed by atoms with E-state index < -0.39 is 61.1 Å². The molecule has 4 nitrogen and oxygen atoms in total. The second-order valence-corrected chi connectivity index (χ2v) is 5.72. The number of likely N-dealkylation sites (tertiary alicyclic amines) is 1. The fourth-order valence-corrected chi connectivity index (χ4v) is 2.82. The first-order valence-electron chi connectivity index (χ1n) is 7.13. The van der Waals surface area contributed by atoms with E-state index in [4.69, 9.17) is 5.11 Å². The smallest absolute Gasteiger partial charge is 0.416 e. The molecule has 0 bridgehead atoms. The Kier molecular flexibility index (Phi) is 5.01. The first-order chi connectivity index (χ1) is 11.4. The van der Waals surface area contributed by atoms with Crippen molar-refractivity contribution >= 4 is 11.9 Å². The molecule has 10 heteroatoms. The number of benzene rings is 1. The molecular weight excluding hydrogens is 356 g/mol. The number of alkyl halides is 6. The van der Waals surface area contributed by atoms with Gasteiger partial charge in [0.05, 0.1) is 23.8 Å². The zero-order chi connectivity index (χ0) is 19.0. The van der Waals surface area contributed by atoms with Crippen LogP contribution in [0.15, 0.2) is 24.3 Å². The van der Waals surface area contributed by atoms with Gasteiger partial charge in [-0.05, 0) is 11.6 Å². The average Bonchev–Trinajstić information content (AvgIpc) is 2.92. The Labute approximate surface area is 138 Å². The predicted molar refractivity (Wildman–Crippen MR) is 72.4 cm³/mol. The van der Waals surface area contributed by atoms with Crippen molar-refractivity contribution in [3.63, 3.8) is 0 Å². The van der Waals surface area contributed by atoms with E-state index in [1.165, 1.54) is 6.07 Å². The van der Waals surface area contributed by atoms with Gasteiger partial charge in [-0.3, -0.25) is 9.59 Å². The maximum Gasteiger partial charge on any atom is 0.416 e. The average molecular weight is 369 g/mol. The largest absolute Gasteiger partial charge is 0.481 e. The second-order valence-electron chi connectivity index (χ2n) is 5.72. The number of aliphatic carboxylic acids is 1. The van der Waals surface area contributed by atoms with Crippen LogP contribution >= 0.6 is 0 Å². The molecule has 0 spiro atoms. The Morgan fingerprint density at radius 3 is 2.16 bits per heavy atom. The zero-order valence-electron chi connectivity index (χ0n) is 12.6. The number of carbonyl (C=O) groups excluding carboxylic acids is 1. The third-order valence-electron chi connectivity index (χ3n) is 4.07. The highest BCUT2D eigenvalue weighted by Gasteiger charge is 2.53. The molecule has 0 aromatic heterocycles. The van der Waals surface area contributed by atoms with Crippen molar-refractivity contribution in [1.82, 2.24) is 4.90 Å². The molecule has 138 valence electrons. The highest BCUT2D eigenvalue weighted by atomic mass is 19.4. The summed E-state index contributed by atoms with van der Waals surface area (Å²) in [6, 6.07) is 4.24. The minimum Gasteiger partial charge on any atom is -0.481 e. The van der Waals surface area contributed by atoms with Crippen LogP contribution in [0, 0.1) is 11.8 Å². The van der Waals surface area contributed by atoms with Gasteiger partial charge in [-0.25, -0.2) is 0 Å². The summed E-state index contributed by atoms with van der Waals surface area (Å²) in [6.45, 7) is -1.57. The van der Waals surface area contributed by atoms with Crippen LogP contribution in [0.5, 0.6) is 0 Å². The third kappa shape index (κ3) is 4.23. The SMILES string of the molecule is O=C(O)[C@@H]1CN(C(=O)Cc2ccccc2C(F)(F)F)C[C@H]1C(F)(F)F. The third-order valence-corrected chi connectivity index (χ3v) is 4.07. The summed E-state index contributed by atoms with van der Waals surface area (Å²) in [5, 5.41) is 8.90. The van der Waals surface area contributed by atoms with Gasteiger partial charge in [-0.15, -0.1) is 0 Å². The number of hydrogen-bond acceptors (Lipinski definition) is 2. The van der Waals surface area contributed by atoms with E-state index in [-0.39, 0.29) is 5.56 Å². The van der Waals surface area contributed by atoms with Crippen molar-refractivity contribution < 1.29 is 41.0 Å². The summed E-state index contributed by atoms with van der Waals surface area (Å²) in [6.07, 6.45) is -10.3. The summed E-state index contributed by atoms with van der Waals surface area (Å²) in [7, 11) is 0. The summed E-state index contributed by atoms with van der Waals surface area (Å²) >= 11 is 0. The van der Waals surface area contributed by atoms with E-state index in [0.29, 0.717) is 4.90 Å². The molecule has 1 fully saturated rings. The molecule has 2 rings (SSSR count). The van der Waals surface area contributed by atoms with Gasteiger partial charge in [0, 0.05) is 13.1 Å². The van der Waals surface area contributed by atoms with Crippen LogP contribution in [0.3, 0.4) is 0 Å². The lowest BCUT2D eigenvalue weighted by atomic mass is 9.96. The van der Waals surface area contributed by atoms with Crippen molar-refractivity contribution in [1.29, 1.82) is 0 Å². The number of hydrogen-bond donors (Lipinski definition) is 1. The van der Waals surface area contributed by atoms with Crippen LogP contribution < -0.4 is 0 Å². The minimum atomic E-state index is -4.82. The van der Waals surface area contributed by atoms with Crippen LogP contribution in [-0.2, 0) is 22.2 Å². The number of amides is 1. The maximum atomic E-state index is 12.9. The Morgan fingerprint density at radius 2 is 1.68 bits per heavy atom. The Bertz CT molecular complexity index is 670. The Morgan fingerprint density at radius 1 is 1.08 bits per heavy atom. The van der Waals surface area contributed by atoms with E-state index >= 15 is 0 Å². The monoisotopic (exact) mass is 369 g/mol. The van der Waals surface area contributed by atoms with Gasteiger partial charge >= 0.3 is 18.3 Å². The molecule has 0 radical (unpaired) electrons. The van der Waals surface area contributed by atoms with Crippen molar-refractivity contribution in [3.05, 3.63) is 35.4 Å². The number of nitrogens with zero attached hydrogens (tertiary/aromatic N) is 1. The molecule has 1 saturated heterocycles. The first-order valence-corrected chi connectivity index (χ1v) is 7.13. The summed E-state index contributed by atoms with van der Waals surface area (Å²) in [5.41, 5.74) is -1.42. The van der Waals surface area contributed by atoms with E-state index in [1.807, 2.05) is 0 Å². The van der Waals surface area contributed by atoms with Crippen molar-refractivity contribution in [2.24, 2.45) is 11.8 Å². The summed E-state index contributed by atoms with van der Waals surface area (Å²) in [5.74, 6) is -6.75. The van der Waals surface area contributed by atoms with Crippen LogP contribution in [-0.4, -0.2) is 41.1 Å². The van der Waals surface area contributed by atoms with Crippen molar-refractivity contribution in [2.45, 2.75) is 18.8 Å². The van der Waals surface area contributed by atoms with Crippen molar-refractivity contribution in [2.75, 3.05) is 13.1 Å². The Hall–Kier alpha value is -2.26. The second kappa shape index (κ2) is 6.57. The molecule has 1 N–H and O–H groups in total. The molecule has 1 aliphatic heterocycles. The van der Waals surface area contributed by atoms with E-state index in [2.05, 4.69) is 0 Å². The molecule has 0 aliphatic carbocycles. The lowest BCUT2D eigenvalue weighted by Crippen LogP contribution is -2.34. The highest BCUT2D eigenvalue weighted by molar-refractivity contribution is 5.81. The number of carbonyl (C=O) groups is 2. The van der Waals surface area contributed by atoms with Crippen LogP contribution in [0.1, 0.15) is 11.1 Å². The molecule has 1 aromatic carbocycles. The van der Waals surface area contributed by atoms with E-state index in [1.54, 1.807) is 0 Å². The number of halogens is 6. The van der Waals surface area contributed by atoms with Gasteiger partial charge in [0.1, 0.15) is 0 Å². The van der Waals surface area contributed by atoms with Crippen LogP contribution in [0.4, 0.5) is 26.3 Å². The number of rotatable bonds is 3. The predicted octanol–water partition coefficient (Wildman–Crippen LogP) is 2.97. The van der Waals surface area contributed by atoms with E-state index in [0.717, 1.165) is 18.2 Å². The zero-order valence-corrected chi connectivity index (χ0v) is 12.6. The minimum absolute atomic E-state index is 0.373. The normalized spacial score (nSPS) is 21.4. The molecule has 1 aromatic rings. The molecule has 1 heterocycles. The van der Waals surface area contributed by atoms with Gasteiger partial charge < -0.3 is 10.0 Å². The first kappa shape index (κ1) is 19.1. The van der Waals surface area contributed by atoms with Gasteiger partial charge in [-0.1, -0.05) is 18.2 Å². The molecule has 0 unspecified atom stereocenters. The lowest BCUT2D eigenvalue weighted by molar-refractivity contribution is -0.188. The van der Waals surface area contributed by atoms with Crippen LogP contribution in [0.2, 0.25) is 0 Å². The van der Waals surface area contributed by atoms with Gasteiger partial charge in [0.25, 0.3) is 0 Å². The summed E-state index contributed by atoms with van der Waals surface area (Å²) in [4.78, 5) is 23.8. The molecule has 0 saturated carbocycles. The topological polar surface area (TPSA) is 57.6 Å². The number of carboxylic acids is 1.